The van der Waals surface area contributed by atoms with Crippen molar-refractivity contribution in [2.24, 2.45) is 11.5 Å². The van der Waals surface area contributed by atoms with E-state index in [-0.39, 0.29) is 23.8 Å². The number of piperazine rings is 1. The normalized spacial score (nSPS) is 15.6. The largest absolute Gasteiger partial charge is 0.475 e. The molecule has 1 saturated heterocycles. The fourth-order valence-corrected chi connectivity index (χ4v) is 4.42. The van der Waals surface area contributed by atoms with E-state index in [0.717, 1.165) is 12.0 Å². The number of hydrogen-bond acceptors (Lipinski definition) is 9. The van der Waals surface area contributed by atoms with Crippen molar-refractivity contribution in [1.82, 2.24) is 14.8 Å². The number of aromatic nitrogens is 1. The average Bonchev–Trinajstić information content (AvgIpc) is 2.96. The molecule has 43 heavy (non-hydrogen) atoms. The molecule has 1 fully saturated rings. The van der Waals surface area contributed by atoms with Crippen LogP contribution >= 0.6 is 0 Å². The first kappa shape index (κ1) is 33.7. The van der Waals surface area contributed by atoms with E-state index in [1.165, 1.54) is 17.0 Å². The number of rotatable bonds is 15. The molecule has 6 N–H and O–H groups in total. The molecule has 1 aromatic heterocycles. The third-order valence-corrected chi connectivity index (χ3v) is 6.80. The highest BCUT2D eigenvalue weighted by Crippen LogP contribution is 2.22. The van der Waals surface area contributed by atoms with Crippen molar-refractivity contribution < 1.29 is 27.0 Å². The Labute approximate surface area is 250 Å². The molecule has 236 valence electrons. The number of methoxy groups -OCH3 is 1. The van der Waals surface area contributed by atoms with E-state index in [2.05, 4.69) is 27.1 Å². The van der Waals surface area contributed by atoms with Gasteiger partial charge in [0.2, 0.25) is 5.88 Å². The van der Waals surface area contributed by atoms with Gasteiger partial charge in [0.25, 0.3) is 0 Å². The van der Waals surface area contributed by atoms with Crippen LogP contribution in [0.3, 0.4) is 0 Å². The molecule has 2 heterocycles. The topological polar surface area (TPSA) is 114 Å². The summed E-state index contributed by atoms with van der Waals surface area (Å²) >= 11 is 0. The lowest BCUT2D eigenvalue weighted by molar-refractivity contribution is -0.149. The minimum absolute atomic E-state index is 0.0399. The number of nitrogens with two attached hydrogens (primary N) is 2. The molecule has 1 aliphatic rings. The van der Waals surface area contributed by atoms with Gasteiger partial charge in [0.05, 0.1) is 13.2 Å². The fourth-order valence-electron chi connectivity index (χ4n) is 4.42. The number of benzene rings is 1. The molecular weight excluding hydrogens is 566 g/mol. The summed E-state index contributed by atoms with van der Waals surface area (Å²) in [7, 11) is 1.54. The van der Waals surface area contributed by atoms with E-state index >= 15 is 0 Å². The number of ether oxygens (including phenoxy) is 2. The zero-order chi connectivity index (χ0) is 31.4. The summed E-state index contributed by atoms with van der Waals surface area (Å²) in [5.74, 6) is 0.0984. The lowest BCUT2D eigenvalue weighted by Gasteiger charge is -2.35. The van der Waals surface area contributed by atoms with Crippen LogP contribution in [-0.4, -0.2) is 80.6 Å². The third kappa shape index (κ3) is 11.4. The summed E-state index contributed by atoms with van der Waals surface area (Å²) in [4.78, 5) is 7.88. The maximum absolute atomic E-state index is 14.6. The SMILES string of the molecule is C=C(CCN1CCN(CC(F)(F)F)CC1)Nc1cc(NC(/C=C(\N)c2cc(CC)ccc2F)=C(/N)OCCOC)ccn1. The fraction of sp³-hybridized carbons (Fsp3) is 0.433. The quantitative estimate of drug-likeness (QED) is 0.101. The molecule has 0 saturated carbocycles. The molecule has 0 spiro atoms. The zero-order valence-corrected chi connectivity index (χ0v) is 24.6. The van der Waals surface area contributed by atoms with Crippen LogP contribution in [0.1, 0.15) is 24.5 Å². The van der Waals surface area contributed by atoms with E-state index in [0.29, 0.717) is 68.7 Å². The van der Waals surface area contributed by atoms with Gasteiger partial charge in [0.15, 0.2) is 0 Å². The van der Waals surface area contributed by atoms with Gasteiger partial charge in [-0.05, 0) is 42.7 Å². The van der Waals surface area contributed by atoms with Gasteiger partial charge in [-0.3, -0.25) is 4.90 Å². The Kier molecular flexibility index (Phi) is 12.7. The van der Waals surface area contributed by atoms with Gasteiger partial charge in [0.1, 0.15) is 23.9 Å². The van der Waals surface area contributed by atoms with Crippen LogP contribution in [0.4, 0.5) is 29.1 Å². The third-order valence-electron chi connectivity index (χ3n) is 6.80. The Morgan fingerprint density at radius 2 is 1.79 bits per heavy atom. The maximum atomic E-state index is 14.6. The molecule has 9 nitrogen and oxygen atoms in total. The van der Waals surface area contributed by atoms with Crippen LogP contribution < -0.4 is 22.1 Å². The molecule has 0 radical (unpaired) electrons. The number of aryl methyl sites for hydroxylation is 1. The lowest BCUT2D eigenvalue weighted by atomic mass is 10.1. The average molecular weight is 608 g/mol. The van der Waals surface area contributed by atoms with Crippen molar-refractivity contribution in [3.05, 3.63) is 83.4 Å². The molecule has 0 bridgehead atoms. The van der Waals surface area contributed by atoms with Gasteiger partial charge in [-0.1, -0.05) is 19.6 Å². The Hall–Kier alpha value is -3.81. The molecule has 1 aromatic carbocycles. The first-order chi connectivity index (χ1) is 20.5. The van der Waals surface area contributed by atoms with Crippen molar-refractivity contribution in [3.63, 3.8) is 0 Å². The highest BCUT2D eigenvalue weighted by atomic mass is 19.4. The molecule has 3 rings (SSSR count). The molecule has 0 atom stereocenters. The second kappa shape index (κ2) is 16.1. The summed E-state index contributed by atoms with van der Waals surface area (Å²) < 4.78 is 63.2. The molecule has 0 amide bonds. The highest BCUT2D eigenvalue weighted by Gasteiger charge is 2.32. The standard InChI is InChI=1S/C30H41F4N7O2/c1-4-22-5-6-25(31)24(17-22)26(35)19-27(29(36)43-16-15-42-3)39-23-7-9-37-28(18-23)38-21(2)8-10-40-11-13-41(14-12-40)20-30(32,33)34/h5-7,9,17-19H,2,4,8,10-16,20,35-36H2,1,3H3,(H2,37,38,39)/b26-19-,29-27-. The van der Waals surface area contributed by atoms with Gasteiger partial charge < -0.3 is 36.5 Å². The van der Waals surface area contributed by atoms with Gasteiger partial charge in [-0.2, -0.15) is 13.2 Å². The Morgan fingerprint density at radius 3 is 2.47 bits per heavy atom. The molecular formula is C30H41F4N7O2. The number of nitrogens with one attached hydrogen (secondary N) is 2. The van der Waals surface area contributed by atoms with Crippen molar-refractivity contribution >= 4 is 17.2 Å². The first-order valence-electron chi connectivity index (χ1n) is 14.0. The number of halogens is 4. The van der Waals surface area contributed by atoms with Crippen LogP contribution in [0.15, 0.2) is 66.5 Å². The van der Waals surface area contributed by atoms with Gasteiger partial charge >= 0.3 is 6.18 Å². The number of allylic oxidation sites excluding steroid dienone is 1. The monoisotopic (exact) mass is 607 g/mol. The predicted molar refractivity (Wildman–Crippen MR) is 161 cm³/mol. The smallest absolute Gasteiger partial charge is 0.401 e. The van der Waals surface area contributed by atoms with Gasteiger partial charge in [0, 0.05) is 74.7 Å². The van der Waals surface area contributed by atoms with Gasteiger partial charge in [-0.25, -0.2) is 9.37 Å². The summed E-state index contributed by atoms with van der Waals surface area (Å²) in [5.41, 5.74) is 15.5. The summed E-state index contributed by atoms with van der Waals surface area (Å²) in [6, 6.07) is 8.25. The second-order valence-corrected chi connectivity index (χ2v) is 10.2. The Morgan fingerprint density at radius 1 is 1.07 bits per heavy atom. The molecule has 13 heteroatoms. The number of hydrogen-bond donors (Lipinski definition) is 4. The number of anilines is 2. The Balaban J connectivity index is 1.66. The molecule has 1 aliphatic heterocycles. The molecule has 0 aliphatic carbocycles. The van der Waals surface area contributed by atoms with Crippen LogP contribution in [0.5, 0.6) is 0 Å². The van der Waals surface area contributed by atoms with Gasteiger partial charge in [-0.15, -0.1) is 0 Å². The number of pyridine rings is 1. The van der Waals surface area contributed by atoms with E-state index < -0.39 is 18.5 Å². The molecule has 2 aromatic rings. The summed E-state index contributed by atoms with van der Waals surface area (Å²) in [6.45, 7) is 8.21. The first-order valence-corrected chi connectivity index (χ1v) is 14.0. The predicted octanol–water partition coefficient (Wildman–Crippen LogP) is 4.48. The van der Waals surface area contributed by atoms with Crippen molar-refractivity contribution in [2.45, 2.75) is 25.9 Å². The van der Waals surface area contributed by atoms with E-state index in [4.69, 9.17) is 20.9 Å². The minimum atomic E-state index is -4.18. The Bertz CT molecular complexity index is 1280. The molecule has 0 unspecified atom stereocenters. The van der Waals surface area contributed by atoms with Crippen LogP contribution in [0.2, 0.25) is 0 Å². The number of nitrogens with zero attached hydrogens (tertiary/aromatic N) is 3. The van der Waals surface area contributed by atoms with Crippen molar-refractivity contribution in [3.8, 4) is 0 Å². The maximum Gasteiger partial charge on any atom is 0.401 e. The second-order valence-electron chi connectivity index (χ2n) is 10.2. The highest BCUT2D eigenvalue weighted by molar-refractivity contribution is 5.69. The minimum Gasteiger partial charge on any atom is -0.475 e. The van der Waals surface area contributed by atoms with Crippen LogP contribution in [0.25, 0.3) is 5.70 Å². The van der Waals surface area contributed by atoms with E-state index in [1.54, 1.807) is 37.6 Å². The summed E-state index contributed by atoms with van der Waals surface area (Å²) in [5, 5.41) is 6.36. The van der Waals surface area contributed by atoms with E-state index in [1.807, 2.05) is 6.92 Å². The lowest BCUT2D eigenvalue weighted by Crippen LogP contribution is -2.49. The number of alkyl halides is 3. The van der Waals surface area contributed by atoms with E-state index in [9.17, 15) is 17.6 Å². The van der Waals surface area contributed by atoms with Crippen LogP contribution in [-0.2, 0) is 15.9 Å². The summed E-state index contributed by atoms with van der Waals surface area (Å²) in [6.07, 6.45) is 0.236. The van der Waals surface area contributed by atoms with Crippen LogP contribution in [0, 0.1) is 5.82 Å². The van der Waals surface area contributed by atoms with Crippen molar-refractivity contribution in [1.29, 1.82) is 0 Å². The van der Waals surface area contributed by atoms with Crippen molar-refractivity contribution in [2.75, 3.05) is 70.2 Å². The zero-order valence-electron chi connectivity index (χ0n) is 24.6.